The molecule has 0 saturated carbocycles. The Bertz CT molecular complexity index is 1310. The molecule has 12 nitrogen and oxygen atoms in total. The Hall–Kier alpha value is -4.06. The molecule has 6 rings (SSSR count). The molecular weight excluding hydrogens is 488 g/mol. The summed E-state index contributed by atoms with van der Waals surface area (Å²) in [5.41, 5.74) is 1.53. The fourth-order valence-electron chi connectivity index (χ4n) is 5.14. The van der Waals surface area contributed by atoms with Gasteiger partial charge < -0.3 is 24.6 Å². The Morgan fingerprint density at radius 3 is 2.84 bits per heavy atom. The van der Waals surface area contributed by atoms with Crippen molar-refractivity contribution >= 4 is 17.6 Å². The summed E-state index contributed by atoms with van der Waals surface area (Å²) < 4.78 is 13.8. The number of likely N-dealkylation sites (tertiary alicyclic amines) is 1. The molecule has 198 valence electrons. The van der Waals surface area contributed by atoms with Gasteiger partial charge >= 0.3 is 0 Å². The summed E-state index contributed by atoms with van der Waals surface area (Å²) in [5, 5.41) is 11.4. The van der Waals surface area contributed by atoms with Gasteiger partial charge in [0.25, 0.3) is 11.8 Å². The molecule has 2 saturated heterocycles. The summed E-state index contributed by atoms with van der Waals surface area (Å²) >= 11 is 0. The number of pyridine rings is 2. The van der Waals surface area contributed by atoms with Crippen molar-refractivity contribution in [1.29, 1.82) is 0 Å². The summed E-state index contributed by atoms with van der Waals surface area (Å²) in [6.45, 7) is 3.55. The van der Waals surface area contributed by atoms with E-state index < -0.39 is 0 Å². The number of aromatic nitrogens is 5. The summed E-state index contributed by atoms with van der Waals surface area (Å²) in [4.78, 5) is 39.1. The third-order valence-electron chi connectivity index (χ3n) is 7.14. The van der Waals surface area contributed by atoms with Gasteiger partial charge in [0, 0.05) is 44.1 Å². The SMILES string of the molecule is O=C1N[C@H]2CN(c3cc(C(=O)N4CCCCC4)ccn3)C[C@@H]2OCc2cn(nn2)CCOc2cccnc21. The zero-order valence-corrected chi connectivity index (χ0v) is 21.0. The van der Waals surface area contributed by atoms with Crippen molar-refractivity contribution in [2.45, 2.75) is 44.6 Å². The van der Waals surface area contributed by atoms with E-state index in [1.807, 2.05) is 22.1 Å². The van der Waals surface area contributed by atoms with Crippen LogP contribution in [0.1, 0.15) is 45.8 Å². The Morgan fingerprint density at radius 2 is 1.95 bits per heavy atom. The van der Waals surface area contributed by atoms with E-state index in [0.717, 1.165) is 32.4 Å². The predicted molar refractivity (Wildman–Crippen MR) is 136 cm³/mol. The number of hydrogen-bond acceptors (Lipinski definition) is 9. The van der Waals surface area contributed by atoms with E-state index in [2.05, 4.69) is 25.6 Å². The van der Waals surface area contributed by atoms with E-state index in [0.29, 0.717) is 49.1 Å². The van der Waals surface area contributed by atoms with Crippen molar-refractivity contribution in [3.8, 4) is 5.75 Å². The van der Waals surface area contributed by atoms with Gasteiger partial charge in [0.05, 0.1) is 31.5 Å². The normalized spacial score (nSPS) is 22.1. The van der Waals surface area contributed by atoms with Gasteiger partial charge in [-0.3, -0.25) is 9.59 Å². The lowest BCUT2D eigenvalue weighted by atomic mass is 10.1. The molecule has 3 aromatic rings. The molecule has 12 heteroatoms. The lowest BCUT2D eigenvalue weighted by Crippen LogP contribution is -2.44. The maximum absolute atomic E-state index is 13.3. The van der Waals surface area contributed by atoms with E-state index in [4.69, 9.17) is 9.47 Å². The molecule has 0 radical (unpaired) electrons. The van der Waals surface area contributed by atoms with Crippen molar-refractivity contribution in [2.24, 2.45) is 0 Å². The van der Waals surface area contributed by atoms with E-state index in [-0.39, 0.29) is 36.3 Å². The van der Waals surface area contributed by atoms with Crippen LogP contribution in [-0.4, -0.2) is 86.6 Å². The Kier molecular flexibility index (Phi) is 6.86. The number of nitrogens with zero attached hydrogens (tertiary/aromatic N) is 7. The first-order valence-corrected chi connectivity index (χ1v) is 13.0. The fourth-order valence-corrected chi connectivity index (χ4v) is 5.14. The number of amides is 2. The highest BCUT2D eigenvalue weighted by Gasteiger charge is 2.37. The Morgan fingerprint density at radius 1 is 1.05 bits per heavy atom. The van der Waals surface area contributed by atoms with Crippen molar-refractivity contribution in [3.63, 3.8) is 0 Å². The number of hydrogen-bond donors (Lipinski definition) is 1. The first-order chi connectivity index (χ1) is 18.6. The summed E-state index contributed by atoms with van der Waals surface area (Å²) in [5.74, 6) is 0.766. The van der Waals surface area contributed by atoms with E-state index in [1.165, 1.54) is 0 Å². The Labute approximate surface area is 219 Å². The topological polar surface area (TPSA) is 128 Å². The highest BCUT2D eigenvalue weighted by Crippen LogP contribution is 2.24. The Balaban J connectivity index is 1.24. The van der Waals surface area contributed by atoms with Gasteiger partial charge in [0.15, 0.2) is 11.4 Å². The standard InChI is InChI=1S/C26H30N8O4/c35-25-24-21(5-4-7-28-24)37-12-11-34-14-19(30-31-34)17-38-22-16-33(15-20(22)29-25)23-13-18(6-8-27-23)26(36)32-9-2-1-3-10-32/h4-8,13-14,20,22H,1-3,9-12,15-17H2,(H,29,35)/t20-,22-/m0/s1. The van der Waals surface area contributed by atoms with Crippen molar-refractivity contribution in [1.82, 2.24) is 35.2 Å². The van der Waals surface area contributed by atoms with Crippen molar-refractivity contribution in [3.05, 3.63) is 59.8 Å². The lowest BCUT2D eigenvalue weighted by Gasteiger charge is -2.27. The maximum Gasteiger partial charge on any atom is 0.274 e. The monoisotopic (exact) mass is 518 g/mol. The number of piperidine rings is 1. The molecule has 1 N–H and O–H groups in total. The fraction of sp³-hybridized carbons (Fsp3) is 0.462. The molecular formula is C26H30N8O4. The number of fused-ring (bicyclic) bond motifs is 4. The maximum atomic E-state index is 13.3. The van der Waals surface area contributed by atoms with Gasteiger partial charge in [0.1, 0.15) is 18.1 Å². The van der Waals surface area contributed by atoms with Crippen LogP contribution in [0.15, 0.2) is 42.9 Å². The van der Waals surface area contributed by atoms with Gasteiger partial charge in [-0.1, -0.05) is 5.21 Å². The van der Waals surface area contributed by atoms with Gasteiger partial charge in [-0.15, -0.1) is 5.10 Å². The van der Waals surface area contributed by atoms with Crippen LogP contribution in [0.5, 0.6) is 5.75 Å². The summed E-state index contributed by atoms with van der Waals surface area (Å²) in [7, 11) is 0. The van der Waals surface area contributed by atoms with Crippen LogP contribution in [0.4, 0.5) is 5.82 Å². The molecule has 2 bridgehead atoms. The molecule has 3 aliphatic rings. The molecule has 0 spiro atoms. The van der Waals surface area contributed by atoms with Crippen LogP contribution in [-0.2, 0) is 17.9 Å². The summed E-state index contributed by atoms with van der Waals surface area (Å²) in [6.07, 6.45) is 7.95. The minimum atomic E-state index is -0.349. The highest BCUT2D eigenvalue weighted by atomic mass is 16.5. The van der Waals surface area contributed by atoms with Crippen LogP contribution in [0.2, 0.25) is 0 Å². The molecule has 38 heavy (non-hydrogen) atoms. The average Bonchev–Trinajstić information content (AvgIpc) is 3.58. The number of anilines is 1. The molecule has 2 amide bonds. The lowest BCUT2D eigenvalue weighted by molar-refractivity contribution is 0.0345. The number of nitrogens with one attached hydrogen (secondary N) is 1. The number of carbonyl (C=O) groups excluding carboxylic acids is 2. The van der Waals surface area contributed by atoms with Crippen molar-refractivity contribution < 1.29 is 19.1 Å². The molecule has 2 atom stereocenters. The number of rotatable bonds is 2. The quantitative estimate of drug-likeness (QED) is 0.534. The molecule has 6 heterocycles. The van der Waals surface area contributed by atoms with E-state index in [1.54, 1.807) is 35.3 Å². The summed E-state index contributed by atoms with van der Waals surface area (Å²) in [6, 6.07) is 6.70. The minimum absolute atomic E-state index is 0.0292. The number of ether oxygens (including phenoxy) is 2. The molecule has 3 aromatic heterocycles. The first-order valence-electron chi connectivity index (χ1n) is 13.0. The minimum Gasteiger partial charge on any atom is -0.489 e. The zero-order valence-electron chi connectivity index (χ0n) is 21.0. The smallest absolute Gasteiger partial charge is 0.274 e. The molecule has 3 aliphatic heterocycles. The predicted octanol–water partition coefficient (Wildman–Crippen LogP) is 1.29. The molecule has 0 unspecified atom stereocenters. The second kappa shape index (κ2) is 10.7. The third kappa shape index (κ3) is 5.17. The van der Waals surface area contributed by atoms with Gasteiger partial charge in [0.2, 0.25) is 0 Å². The van der Waals surface area contributed by atoms with Crippen LogP contribution in [0.25, 0.3) is 0 Å². The van der Waals surface area contributed by atoms with Gasteiger partial charge in [-0.05, 0) is 43.5 Å². The molecule has 2 fully saturated rings. The first kappa shape index (κ1) is 24.3. The van der Waals surface area contributed by atoms with Crippen LogP contribution in [0.3, 0.4) is 0 Å². The average molecular weight is 519 g/mol. The molecule has 0 aromatic carbocycles. The van der Waals surface area contributed by atoms with Crippen molar-refractivity contribution in [2.75, 3.05) is 37.7 Å². The third-order valence-corrected chi connectivity index (χ3v) is 7.14. The van der Waals surface area contributed by atoms with Crippen LogP contribution in [0, 0.1) is 0 Å². The van der Waals surface area contributed by atoms with Crippen LogP contribution >= 0.6 is 0 Å². The second-order valence-electron chi connectivity index (χ2n) is 9.76. The largest absolute Gasteiger partial charge is 0.489 e. The molecule has 0 aliphatic carbocycles. The van der Waals surface area contributed by atoms with E-state index in [9.17, 15) is 9.59 Å². The van der Waals surface area contributed by atoms with E-state index >= 15 is 0 Å². The highest BCUT2D eigenvalue weighted by molar-refractivity contribution is 5.95. The van der Waals surface area contributed by atoms with Gasteiger partial charge in [-0.25, -0.2) is 14.6 Å². The van der Waals surface area contributed by atoms with Gasteiger partial charge in [-0.2, -0.15) is 0 Å². The number of carbonyl (C=O) groups is 2. The van der Waals surface area contributed by atoms with Crippen LogP contribution < -0.4 is 15.0 Å². The second-order valence-corrected chi connectivity index (χ2v) is 9.76. The zero-order chi connectivity index (χ0) is 25.9.